The summed E-state index contributed by atoms with van der Waals surface area (Å²) in [7, 11) is 0. The highest BCUT2D eigenvalue weighted by molar-refractivity contribution is 5.66. The third-order valence-electron chi connectivity index (χ3n) is 7.72. The van der Waals surface area contributed by atoms with Gasteiger partial charge in [-0.1, -0.05) is 25.5 Å². The van der Waals surface area contributed by atoms with Crippen molar-refractivity contribution in [3.8, 4) is 16.9 Å². The predicted octanol–water partition coefficient (Wildman–Crippen LogP) is 6.87. The van der Waals surface area contributed by atoms with Crippen LogP contribution in [-0.4, -0.2) is 32.7 Å². The highest BCUT2D eigenvalue weighted by Gasteiger charge is 2.56. The summed E-state index contributed by atoms with van der Waals surface area (Å²) in [5.74, 6) is -4.21. The topological polar surface area (TPSA) is 36.9 Å². The molecule has 3 saturated heterocycles. The summed E-state index contributed by atoms with van der Waals surface area (Å²) >= 11 is 0. The fourth-order valence-corrected chi connectivity index (χ4v) is 5.82. The summed E-state index contributed by atoms with van der Waals surface area (Å²) in [6.07, 6.45) is 5.42. The molecule has 2 aromatic carbocycles. The Kier molecular flexibility index (Phi) is 6.81. The zero-order valence-corrected chi connectivity index (χ0v) is 19.8. The molecule has 2 aromatic rings. The first-order chi connectivity index (χ1) is 16.9. The molecule has 2 bridgehead atoms. The van der Waals surface area contributed by atoms with E-state index < -0.39 is 36.0 Å². The molecule has 190 valence electrons. The Morgan fingerprint density at radius 1 is 0.886 bits per heavy atom. The monoisotopic (exact) mass is 494 g/mol. The number of hydrogen-bond acceptors (Lipinski definition) is 4. The van der Waals surface area contributed by atoms with Crippen molar-refractivity contribution in [3.05, 3.63) is 53.3 Å². The highest BCUT2D eigenvalue weighted by atomic mass is 19.1. The van der Waals surface area contributed by atoms with Crippen LogP contribution in [0.25, 0.3) is 11.1 Å². The average Bonchev–Trinajstić information content (AvgIpc) is 2.87. The molecule has 35 heavy (non-hydrogen) atoms. The van der Waals surface area contributed by atoms with Crippen molar-refractivity contribution >= 4 is 0 Å². The Morgan fingerprint density at radius 2 is 1.51 bits per heavy atom. The van der Waals surface area contributed by atoms with Crippen LogP contribution in [0.4, 0.5) is 17.6 Å². The van der Waals surface area contributed by atoms with E-state index >= 15 is 0 Å². The number of alkyl halides is 1. The van der Waals surface area contributed by atoms with E-state index in [-0.39, 0.29) is 28.4 Å². The SMILES string of the molecule is CCCC12COC(C3CCC(c4ccc(-c5cc(F)c(OCF)c(F)c5)c(F)c4)CC3)(OC1)OC2. The molecule has 0 aromatic heterocycles. The normalized spacial score (nSPS) is 30.4. The predicted molar refractivity (Wildman–Crippen MR) is 121 cm³/mol. The van der Waals surface area contributed by atoms with Gasteiger partial charge in [0, 0.05) is 16.9 Å². The van der Waals surface area contributed by atoms with E-state index in [0.29, 0.717) is 19.8 Å². The van der Waals surface area contributed by atoms with Crippen LogP contribution in [0.15, 0.2) is 30.3 Å². The van der Waals surface area contributed by atoms with Crippen LogP contribution in [0.2, 0.25) is 0 Å². The molecule has 3 heterocycles. The summed E-state index contributed by atoms with van der Waals surface area (Å²) in [5.41, 5.74) is 0.913. The summed E-state index contributed by atoms with van der Waals surface area (Å²) in [6, 6.07) is 6.65. The van der Waals surface area contributed by atoms with Gasteiger partial charge in [-0.2, -0.15) is 0 Å². The lowest BCUT2D eigenvalue weighted by atomic mass is 9.76. The average molecular weight is 495 g/mol. The molecule has 3 aliphatic heterocycles. The summed E-state index contributed by atoms with van der Waals surface area (Å²) in [4.78, 5) is 0. The summed E-state index contributed by atoms with van der Waals surface area (Å²) in [6.45, 7) is 2.78. The molecule has 8 heteroatoms. The molecule has 0 amide bonds. The molecule has 0 N–H and O–H groups in total. The first-order valence-corrected chi connectivity index (χ1v) is 12.3. The smallest absolute Gasteiger partial charge is 0.285 e. The van der Waals surface area contributed by atoms with Gasteiger partial charge in [0.15, 0.2) is 17.4 Å². The van der Waals surface area contributed by atoms with Crippen LogP contribution in [0.1, 0.15) is 56.9 Å². The van der Waals surface area contributed by atoms with Crippen molar-refractivity contribution in [2.24, 2.45) is 11.3 Å². The van der Waals surface area contributed by atoms with E-state index in [1.54, 1.807) is 6.07 Å². The van der Waals surface area contributed by atoms with E-state index in [1.807, 2.05) is 0 Å². The van der Waals surface area contributed by atoms with Crippen LogP contribution in [0.5, 0.6) is 5.75 Å². The first-order valence-electron chi connectivity index (χ1n) is 12.3. The van der Waals surface area contributed by atoms with E-state index in [2.05, 4.69) is 11.7 Å². The van der Waals surface area contributed by atoms with Crippen molar-refractivity contribution in [2.45, 2.75) is 57.3 Å². The van der Waals surface area contributed by atoms with Gasteiger partial charge in [-0.25, -0.2) is 17.6 Å². The number of benzene rings is 2. The molecule has 0 unspecified atom stereocenters. The minimum Gasteiger partial charge on any atom is -0.457 e. The Morgan fingerprint density at radius 3 is 2.06 bits per heavy atom. The van der Waals surface area contributed by atoms with Gasteiger partial charge in [0.1, 0.15) is 5.82 Å². The number of rotatable bonds is 7. The van der Waals surface area contributed by atoms with Crippen LogP contribution < -0.4 is 4.74 Å². The highest BCUT2D eigenvalue weighted by Crippen LogP contribution is 2.50. The van der Waals surface area contributed by atoms with Gasteiger partial charge in [-0.15, -0.1) is 0 Å². The van der Waals surface area contributed by atoms with Crippen molar-refractivity contribution in [1.29, 1.82) is 0 Å². The van der Waals surface area contributed by atoms with Crippen LogP contribution in [0, 0.1) is 28.8 Å². The molecule has 1 saturated carbocycles. The maximum Gasteiger partial charge on any atom is 0.285 e. The second-order valence-electron chi connectivity index (χ2n) is 10.0. The van der Waals surface area contributed by atoms with E-state index in [1.165, 1.54) is 12.1 Å². The van der Waals surface area contributed by atoms with Gasteiger partial charge in [0.2, 0.25) is 6.86 Å². The maximum absolute atomic E-state index is 15.0. The minimum absolute atomic E-state index is 0.0262. The van der Waals surface area contributed by atoms with Gasteiger partial charge >= 0.3 is 0 Å². The second-order valence-corrected chi connectivity index (χ2v) is 10.0. The molecular weight excluding hydrogens is 464 g/mol. The molecular formula is C27H30F4O4. The fourth-order valence-electron chi connectivity index (χ4n) is 5.82. The van der Waals surface area contributed by atoms with Gasteiger partial charge < -0.3 is 18.9 Å². The van der Waals surface area contributed by atoms with Gasteiger partial charge in [0.05, 0.1) is 19.8 Å². The third-order valence-corrected chi connectivity index (χ3v) is 7.72. The van der Waals surface area contributed by atoms with Crippen molar-refractivity contribution < 1.29 is 36.5 Å². The molecule has 0 spiro atoms. The zero-order chi connectivity index (χ0) is 24.6. The molecule has 4 aliphatic rings. The summed E-state index contributed by atoms with van der Waals surface area (Å²) < 4.78 is 78.3. The molecule has 4 fully saturated rings. The van der Waals surface area contributed by atoms with Crippen LogP contribution in [-0.2, 0) is 14.2 Å². The molecule has 0 atom stereocenters. The third kappa shape index (κ3) is 4.56. The largest absolute Gasteiger partial charge is 0.457 e. The Bertz CT molecular complexity index is 1020. The lowest BCUT2D eigenvalue weighted by Gasteiger charge is -2.55. The molecule has 4 nitrogen and oxygen atoms in total. The quantitative estimate of drug-likeness (QED) is 0.394. The van der Waals surface area contributed by atoms with Gasteiger partial charge in [-0.05, 0) is 67.3 Å². The summed E-state index contributed by atoms with van der Waals surface area (Å²) in [5, 5.41) is 0. The number of hydrogen-bond donors (Lipinski definition) is 0. The lowest BCUT2D eigenvalue weighted by molar-refractivity contribution is -0.488. The standard InChI is InChI=1S/C27H30F4O4/c1-2-9-26-13-33-27(34-14-26,35-15-26)20-6-3-17(4-7-20)18-5-8-21(22(29)10-18)19-11-23(30)25(32-16-28)24(31)12-19/h5,8,10-12,17,20H,2-4,6-7,9,13-16H2,1H3. The fraction of sp³-hybridized carbons (Fsp3) is 0.556. The van der Waals surface area contributed by atoms with Crippen LogP contribution >= 0.6 is 0 Å². The molecule has 0 radical (unpaired) electrons. The minimum atomic E-state index is -1.36. The number of ether oxygens (including phenoxy) is 4. The Hall–Kier alpha value is -2.16. The van der Waals surface area contributed by atoms with Crippen molar-refractivity contribution in [3.63, 3.8) is 0 Å². The lowest BCUT2D eigenvalue weighted by Crippen LogP contribution is -2.63. The Labute approximate surface area is 202 Å². The molecule has 6 rings (SSSR count). The van der Waals surface area contributed by atoms with E-state index in [4.69, 9.17) is 14.2 Å². The van der Waals surface area contributed by atoms with E-state index in [0.717, 1.165) is 56.2 Å². The van der Waals surface area contributed by atoms with Crippen LogP contribution in [0.3, 0.4) is 0 Å². The second kappa shape index (κ2) is 9.71. The Balaban J connectivity index is 1.25. The van der Waals surface area contributed by atoms with E-state index in [9.17, 15) is 17.6 Å². The maximum atomic E-state index is 15.0. The van der Waals surface area contributed by atoms with Crippen molar-refractivity contribution in [1.82, 2.24) is 0 Å². The zero-order valence-electron chi connectivity index (χ0n) is 19.8. The van der Waals surface area contributed by atoms with Gasteiger partial charge in [0.25, 0.3) is 5.97 Å². The first kappa shape index (κ1) is 24.5. The molecule has 1 aliphatic carbocycles. The number of halogens is 4. The number of fused-ring (bicyclic) bond motifs is 3. The van der Waals surface area contributed by atoms with Crippen molar-refractivity contribution in [2.75, 3.05) is 26.7 Å². The van der Waals surface area contributed by atoms with Gasteiger partial charge in [-0.3, -0.25) is 0 Å².